The van der Waals surface area contributed by atoms with Crippen LogP contribution in [0.15, 0.2) is 12.1 Å². The van der Waals surface area contributed by atoms with E-state index in [2.05, 4.69) is 4.74 Å². The van der Waals surface area contributed by atoms with E-state index in [0.717, 1.165) is 0 Å². The maximum atomic E-state index is 12.9. The van der Waals surface area contributed by atoms with E-state index < -0.39 is 60.2 Å². The molecule has 16 nitrogen and oxygen atoms in total. The van der Waals surface area contributed by atoms with Gasteiger partial charge in [0.15, 0.2) is 11.5 Å². The SMILES string of the molecule is COc1cc2c(cc1OC(O)(O)O)CCN1CC(C(O)(O)C(O)(C(O)(O)O)C(O)(O)O)C(=O)CC21. The Hall–Kier alpha value is -2.03. The lowest BCUT2D eigenvalue weighted by molar-refractivity contribution is -0.545. The summed E-state index contributed by atoms with van der Waals surface area (Å²) in [4.78, 5) is 14.4. The van der Waals surface area contributed by atoms with Gasteiger partial charge in [0.25, 0.3) is 5.60 Å². The monoisotopic (exact) mass is 509 g/mol. The lowest BCUT2D eigenvalue weighted by atomic mass is 9.72. The Labute approximate surface area is 196 Å². The highest BCUT2D eigenvalue weighted by Gasteiger charge is 2.76. The predicted molar refractivity (Wildman–Crippen MR) is 105 cm³/mol. The Bertz CT molecular complexity index is 960. The highest BCUT2D eigenvalue weighted by atomic mass is 16.9. The van der Waals surface area contributed by atoms with Gasteiger partial charge in [0, 0.05) is 25.6 Å². The molecule has 0 aliphatic carbocycles. The van der Waals surface area contributed by atoms with Gasteiger partial charge in [-0.15, -0.1) is 0 Å². The second-order valence-corrected chi connectivity index (χ2v) is 8.57. The summed E-state index contributed by atoms with van der Waals surface area (Å²) in [7, 11) is 1.22. The molecule has 12 N–H and O–H groups in total. The van der Waals surface area contributed by atoms with Crippen LogP contribution in [0.4, 0.5) is 0 Å². The second-order valence-electron chi connectivity index (χ2n) is 8.57. The van der Waals surface area contributed by atoms with Gasteiger partial charge >= 0.3 is 18.1 Å². The summed E-state index contributed by atoms with van der Waals surface area (Å²) in [5.74, 6) is -17.1. The third kappa shape index (κ3) is 4.60. The third-order valence-corrected chi connectivity index (χ3v) is 6.33. The first-order valence-corrected chi connectivity index (χ1v) is 10.1. The van der Waals surface area contributed by atoms with Gasteiger partial charge in [-0.3, -0.25) is 9.69 Å². The molecule has 1 saturated heterocycles. The number of carbonyl (C=O) groups excluding carboxylic acids is 1. The number of hydrogen-bond donors (Lipinski definition) is 12. The number of ketones is 1. The van der Waals surface area contributed by atoms with Crippen molar-refractivity contribution in [3.05, 3.63) is 23.3 Å². The quantitative estimate of drug-likeness (QED) is 0.152. The standard InChI is InChI=1S/C19H27NO15/c1-34-13-5-9-8(4-14(13)35-19(31,32)33)2-3-20-7-10(12(21)6-11(9)20)15(22,23)16(24,17(25,26)27)18(28,29)30/h4-5,10-11,22-33H,2-3,6-7H2,1H3. The number of methoxy groups -OCH3 is 1. The zero-order valence-electron chi connectivity index (χ0n) is 18.2. The van der Waals surface area contributed by atoms with Gasteiger partial charge in [0.1, 0.15) is 5.78 Å². The van der Waals surface area contributed by atoms with Crippen LogP contribution in [-0.4, -0.2) is 122 Å². The molecule has 0 radical (unpaired) electrons. The summed E-state index contributed by atoms with van der Waals surface area (Å²) in [6.07, 6.45) is -3.81. The lowest BCUT2D eigenvalue weighted by Gasteiger charge is -2.52. The summed E-state index contributed by atoms with van der Waals surface area (Å²) in [5, 5.41) is 115. The van der Waals surface area contributed by atoms with Crippen LogP contribution in [0.1, 0.15) is 23.6 Å². The van der Waals surface area contributed by atoms with E-state index in [9.17, 15) is 50.8 Å². The highest BCUT2D eigenvalue weighted by Crippen LogP contribution is 2.47. The van der Waals surface area contributed by atoms with Crippen LogP contribution in [0, 0.1) is 5.92 Å². The fourth-order valence-electron chi connectivity index (χ4n) is 4.60. The molecule has 16 heteroatoms. The number of fused-ring (bicyclic) bond motifs is 3. The molecule has 0 aromatic heterocycles. The first kappa shape index (κ1) is 27.6. The molecule has 198 valence electrons. The first-order valence-electron chi connectivity index (χ1n) is 10.1. The number of carbonyl (C=O) groups is 1. The van der Waals surface area contributed by atoms with E-state index in [-0.39, 0.29) is 24.5 Å². The minimum Gasteiger partial charge on any atom is -0.493 e. The summed E-state index contributed by atoms with van der Waals surface area (Å²) in [6, 6.07) is 1.96. The van der Waals surface area contributed by atoms with E-state index in [1.54, 1.807) is 0 Å². The van der Waals surface area contributed by atoms with E-state index in [1.807, 2.05) is 0 Å². The molecule has 2 aliphatic rings. The van der Waals surface area contributed by atoms with Crippen LogP contribution in [0.3, 0.4) is 0 Å². The fraction of sp³-hybridized carbons (Fsp3) is 0.632. The maximum absolute atomic E-state index is 12.9. The Kier molecular flexibility index (Phi) is 6.71. The Morgan fingerprint density at radius 3 is 1.94 bits per heavy atom. The zero-order chi connectivity index (χ0) is 26.8. The average molecular weight is 509 g/mol. The van der Waals surface area contributed by atoms with E-state index in [4.69, 9.17) is 20.1 Å². The maximum Gasteiger partial charge on any atom is 0.453 e. The second kappa shape index (κ2) is 8.53. The first-order chi connectivity index (χ1) is 15.7. The molecular weight excluding hydrogens is 482 g/mol. The van der Waals surface area contributed by atoms with Crippen molar-refractivity contribution in [1.29, 1.82) is 0 Å². The van der Waals surface area contributed by atoms with Crippen LogP contribution in [-0.2, 0) is 11.2 Å². The van der Waals surface area contributed by atoms with E-state index >= 15 is 0 Å². The molecule has 2 heterocycles. The molecule has 1 aromatic carbocycles. The largest absolute Gasteiger partial charge is 0.493 e. The number of Topliss-reactive ketones (excluding diaryl/α,β-unsaturated/α-hetero) is 1. The number of rotatable bonds is 7. The fourth-order valence-corrected chi connectivity index (χ4v) is 4.60. The van der Waals surface area contributed by atoms with Crippen molar-refractivity contribution in [2.24, 2.45) is 5.92 Å². The molecule has 1 aromatic rings. The number of benzene rings is 1. The van der Waals surface area contributed by atoms with Gasteiger partial charge in [0.05, 0.1) is 13.0 Å². The molecule has 0 spiro atoms. The molecule has 2 atom stereocenters. The zero-order valence-corrected chi connectivity index (χ0v) is 18.2. The Morgan fingerprint density at radius 2 is 1.46 bits per heavy atom. The highest BCUT2D eigenvalue weighted by molar-refractivity contribution is 5.84. The molecular formula is C19H27NO15. The molecule has 0 amide bonds. The van der Waals surface area contributed by atoms with Crippen molar-refractivity contribution in [2.75, 3.05) is 20.2 Å². The summed E-state index contributed by atoms with van der Waals surface area (Å²) in [5.41, 5.74) is -3.67. The van der Waals surface area contributed by atoms with E-state index in [1.165, 1.54) is 24.1 Å². The summed E-state index contributed by atoms with van der Waals surface area (Å²) < 4.78 is 9.75. The van der Waals surface area contributed by atoms with Crippen LogP contribution >= 0.6 is 0 Å². The van der Waals surface area contributed by atoms with E-state index in [0.29, 0.717) is 11.1 Å². The smallest absolute Gasteiger partial charge is 0.453 e. The molecule has 0 saturated carbocycles. The van der Waals surface area contributed by atoms with Crippen molar-refractivity contribution < 1.29 is 75.5 Å². The van der Waals surface area contributed by atoms with Gasteiger partial charge in [-0.1, -0.05) is 0 Å². The molecule has 2 unspecified atom stereocenters. The van der Waals surface area contributed by atoms with Crippen LogP contribution in [0.2, 0.25) is 0 Å². The summed E-state index contributed by atoms with van der Waals surface area (Å²) >= 11 is 0. The Morgan fingerprint density at radius 1 is 0.886 bits per heavy atom. The summed E-state index contributed by atoms with van der Waals surface area (Å²) in [6.45, 7) is -0.521. The molecule has 1 fully saturated rings. The number of nitrogens with zero attached hydrogens (tertiary/aromatic N) is 1. The van der Waals surface area contributed by atoms with Gasteiger partial charge in [-0.2, -0.15) is 0 Å². The van der Waals surface area contributed by atoms with Crippen molar-refractivity contribution in [2.45, 2.75) is 48.4 Å². The number of aliphatic hydroxyl groups is 12. The molecule has 0 bridgehead atoms. The third-order valence-electron chi connectivity index (χ3n) is 6.33. The molecule has 2 aliphatic heterocycles. The molecule has 35 heavy (non-hydrogen) atoms. The van der Waals surface area contributed by atoms with Crippen LogP contribution in [0.25, 0.3) is 0 Å². The van der Waals surface area contributed by atoms with Gasteiger partial charge < -0.3 is 70.8 Å². The van der Waals surface area contributed by atoms with Crippen molar-refractivity contribution in [3.63, 3.8) is 0 Å². The van der Waals surface area contributed by atoms with Crippen LogP contribution in [0.5, 0.6) is 11.5 Å². The normalized spacial score (nSPS) is 22.5. The van der Waals surface area contributed by atoms with Gasteiger partial charge in [0.2, 0.25) is 5.79 Å². The number of ether oxygens (including phenoxy) is 2. The number of hydrogen-bond acceptors (Lipinski definition) is 16. The van der Waals surface area contributed by atoms with Crippen molar-refractivity contribution in [1.82, 2.24) is 4.90 Å². The number of piperidine rings is 1. The minimum atomic E-state index is -4.70. The molecule has 3 rings (SSSR count). The van der Waals surface area contributed by atoms with Gasteiger partial charge in [-0.25, -0.2) is 0 Å². The van der Waals surface area contributed by atoms with Gasteiger partial charge in [-0.05, 0) is 29.7 Å². The minimum absolute atomic E-state index is 0.0639. The average Bonchev–Trinajstić information content (AvgIpc) is 2.69. The van der Waals surface area contributed by atoms with Crippen LogP contribution < -0.4 is 9.47 Å². The van der Waals surface area contributed by atoms with Crippen molar-refractivity contribution in [3.8, 4) is 11.5 Å². The predicted octanol–water partition coefficient (Wildman–Crippen LogP) is -6.18. The lowest BCUT2D eigenvalue weighted by Crippen LogP contribution is -2.81. The Balaban J connectivity index is 1.98. The van der Waals surface area contributed by atoms with Crippen molar-refractivity contribution >= 4 is 5.78 Å². The topological polar surface area (TPSA) is 282 Å².